The van der Waals surface area contributed by atoms with Crippen LogP contribution in [0, 0.1) is 0 Å². The first-order valence-electron chi connectivity index (χ1n) is 7.09. The molecule has 0 bridgehead atoms. The average Bonchev–Trinajstić information content (AvgIpc) is 2.89. The van der Waals surface area contributed by atoms with Gasteiger partial charge >= 0.3 is 6.18 Å². The number of nitrogens with one attached hydrogen (secondary N) is 1. The van der Waals surface area contributed by atoms with Crippen molar-refractivity contribution >= 4 is 0 Å². The van der Waals surface area contributed by atoms with E-state index in [2.05, 4.69) is 5.32 Å². The number of hydrogen-bond donors (Lipinski definition) is 1. The van der Waals surface area contributed by atoms with Crippen molar-refractivity contribution in [2.75, 3.05) is 0 Å². The normalized spacial score (nSPS) is 25.4. The highest BCUT2D eigenvalue weighted by Gasteiger charge is 2.34. The monoisotopic (exact) mass is 307 g/mol. The number of ether oxygens (including phenoxy) is 1. The molecule has 0 aromatic heterocycles. The molecule has 0 radical (unpaired) electrons. The summed E-state index contributed by atoms with van der Waals surface area (Å²) in [6.07, 6.45) is -4.83. The third-order valence-electron chi connectivity index (χ3n) is 3.82. The third kappa shape index (κ3) is 3.00. The average molecular weight is 307 g/mol. The third-order valence-corrected chi connectivity index (χ3v) is 3.82. The quantitative estimate of drug-likeness (QED) is 0.885. The van der Waals surface area contributed by atoms with Gasteiger partial charge in [0.1, 0.15) is 12.3 Å². The van der Waals surface area contributed by atoms with Crippen LogP contribution in [0.5, 0.6) is 0 Å². The maximum atomic E-state index is 12.6. The van der Waals surface area contributed by atoms with Crippen molar-refractivity contribution in [3.05, 3.63) is 71.3 Å². The first kappa shape index (κ1) is 15.1. The molecule has 0 saturated carbocycles. The van der Waals surface area contributed by atoms with Gasteiger partial charge in [-0.05, 0) is 30.2 Å². The van der Waals surface area contributed by atoms with Gasteiger partial charge < -0.3 is 4.74 Å². The summed E-state index contributed by atoms with van der Waals surface area (Å²) < 4.78 is 43.8. The van der Waals surface area contributed by atoms with E-state index in [1.165, 1.54) is 12.1 Å². The van der Waals surface area contributed by atoms with Gasteiger partial charge in [0.25, 0.3) is 0 Å². The molecular formula is C17H16F3NO. The summed E-state index contributed by atoms with van der Waals surface area (Å²) in [6.45, 7) is 2.00. The van der Waals surface area contributed by atoms with Crippen LogP contribution in [0.4, 0.5) is 13.2 Å². The molecule has 5 heteroatoms. The van der Waals surface area contributed by atoms with Crippen LogP contribution in [0.3, 0.4) is 0 Å². The van der Waals surface area contributed by atoms with Crippen molar-refractivity contribution in [3.8, 4) is 0 Å². The molecule has 1 heterocycles. The highest BCUT2D eigenvalue weighted by molar-refractivity contribution is 5.27. The molecule has 2 nitrogen and oxygen atoms in total. The molecule has 2 aromatic rings. The standard InChI is InChI=1S/C17H16F3NO/c1-11-15(12-5-3-2-4-6-12)22-16(21-11)13-7-9-14(10-8-13)17(18,19)20/h2-11,15-16,21H,1H3/t11-,15-,16-/m0/s1. The van der Waals surface area contributed by atoms with Gasteiger partial charge in [-0.25, -0.2) is 0 Å². The molecule has 1 N–H and O–H groups in total. The molecule has 0 spiro atoms. The molecule has 3 atom stereocenters. The second-order valence-corrected chi connectivity index (χ2v) is 5.42. The Morgan fingerprint density at radius 3 is 2.14 bits per heavy atom. The summed E-state index contributed by atoms with van der Waals surface area (Å²) >= 11 is 0. The summed E-state index contributed by atoms with van der Waals surface area (Å²) in [5.41, 5.74) is 1.09. The summed E-state index contributed by atoms with van der Waals surface area (Å²) in [6, 6.07) is 14.9. The van der Waals surface area contributed by atoms with Crippen LogP contribution < -0.4 is 5.32 Å². The zero-order valence-corrected chi connectivity index (χ0v) is 12.0. The minimum atomic E-state index is -4.32. The zero-order chi connectivity index (χ0) is 15.7. The number of benzene rings is 2. The lowest BCUT2D eigenvalue weighted by molar-refractivity contribution is -0.137. The van der Waals surface area contributed by atoms with Gasteiger partial charge in [-0.3, -0.25) is 5.32 Å². The Morgan fingerprint density at radius 1 is 0.909 bits per heavy atom. The summed E-state index contributed by atoms with van der Waals surface area (Å²) in [4.78, 5) is 0. The Morgan fingerprint density at radius 2 is 1.55 bits per heavy atom. The van der Waals surface area contributed by atoms with Crippen molar-refractivity contribution < 1.29 is 17.9 Å². The second kappa shape index (κ2) is 5.74. The SMILES string of the molecule is C[C@@H]1N[C@H](c2ccc(C(F)(F)F)cc2)O[C@@H]1c1ccccc1. The largest absolute Gasteiger partial charge is 0.416 e. The van der Waals surface area contributed by atoms with Crippen LogP contribution in [-0.4, -0.2) is 6.04 Å². The van der Waals surface area contributed by atoms with Gasteiger partial charge in [-0.1, -0.05) is 42.5 Å². The molecule has 0 aliphatic carbocycles. The minimum Gasteiger partial charge on any atom is -0.350 e. The second-order valence-electron chi connectivity index (χ2n) is 5.42. The van der Waals surface area contributed by atoms with E-state index >= 15 is 0 Å². The summed E-state index contributed by atoms with van der Waals surface area (Å²) in [5, 5.41) is 3.27. The number of rotatable bonds is 2. The van der Waals surface area contributed by atoms with Gasteiger partial charge in [0.15, 0.2) is 0 Å². The molecule has 3 rings (SSSR count). The molecule has 2 aromatic carbocycles. The van der Waals surface area contributed by atoms with Gasteiger partial charge in [0.2, 0.25) is 0 Å². The van der Waals surface area contributed by atoms with Crippen LogP contribution in [0.2, 0.25) is 0 Å². The maximum Gasteiger partial charge on any atom is 0.416 e. The van der Waals surface area contributed by atoms with E-state index in [0.717, 1.165) is 17.7 Å². The van der Waals surface area contributed by atoms with Gasteiger partial charge in [0, 0.05) is 6.04 Å². The van der Waals surface area contributed by atoms with Crippen LogP contribution >= 0.6 is 0 Å². The Bertz CT molecular complexity index is 625. The first-order chi connectivity index (χ1) is 10.4. The van der Waals surface area contributed by atoms with Crippen molar-refractivity contribution in [1.82, 2.24) is 5.32 Å². The van der Waals surface area contributed by atoms with Gasteiger partial charge in [0.05, 0.1) is 5.56 Å². The smallest absolute Gasteiger partial charge is 0.350 e. The lowest BCUT2D eigenvalue weighted by Crippen LogP contribution is -2.23. The zero-order valence-electron chi connectivity index (χ0n) is 12.0. The fraction of sp³-hybridized carbons (Fsp3) is 0.294. The highest BCUT2D eigenvalue weighted by Crippen LogP contribution is 2.36. The van der Waals surface area contributed by atoms with Gasteiger partial charge in [-0.2, -0.15) is 13.2 Å². The Kier molecular flexibility index (Phi) is 3.93. The molecule has 1 aliphatic heterocycles. The lowest BCUT2D eigenvalue weighted by atomic mass is 10.0. The molecule has 22 heavy (non-hydrogen) atoms. The molecule has 0 unspecified atom stereocenters. The van der Waals surface area contributed by atoms with E-state index < -0.39 is 18.0 Å². The molecular weight excluding hydrogens is 291 g/mol. The molecule has 1 saturated heterocycles. The molecule has 0 amide bonds. The fourth-order valence-corrected chi connectivity index (χ4v) is 2.66. The van der Waals surface area contributed by atoms with E-state index in [9.17, 15) is 13.2 Å². The summed E-state index contributed by atoms with van der Waals surface area (Å²) in [5.74, 6) is 0. The van der Waals surface area contributed by atoms with E-state index in [1.807, 2.05) is 37.3 Å². The highest BCUT2D eigenvalue weighted by atomic mass is 19.4. The van der Waals surface area contributed by atoms with Crippen molar-refractivity contribution in [3.63, 3.8) is 0 Å². The van der Waals surface area contributed by atoms with Crippen LogP contribution in [0.25, 0.3) is 0 Å². The predicted molar refractivity (Wildman–Crippen MR) is 77.1 cm³/mol. The van der Waals surface area contributed by atoms with Crippen LogP contribution in [0.1, 0.15) is 35.9 Å². The van der Waals surface area contributed by atoms with E-state index in [1.54, 1.807) is 0 Å². The van der Waals surface area contributed by atoms with Crippen LogP contribution in [-0.2, 0) is 10.9 Å². The number of hydrogen-bond acceptors (Lipinski definition) is 2. The Balaban J connectivity index is 1.77. The maximum absolute atomic E-state index is 12.6. The van der Waals surface area contributed by atoms with E-state index in [-0.39, 0.29) is 12.1 Å². The molecule has 1 aliphatic rings. The minimum absolute atomic E-state index is 0.0784. The fourth-order valence-electron chi connectivity index (χ4n) is 2.66. The van der Waals surface area contributed by atoms with Crippen molar-refractivity contribution in [2.24, 2.45) is 0 Å². The number of alkyl halides is 3. The summed E-state index contributed by atoms with van der Waals surface area (Å²) in [7, 11) is 0. The van der Waals surface area contributed by atoms with Crippen LogP contribution in [0.15, 0.2) is 54.6 Å². The molecule has 1 fully saturated rings. The first-order valence-corrected chi connectivity index (χ1v) is 7.09. The Hall–Kier alpha value is -1.85. The van der Waals surface area contributed by atoms with E-state index in [4.69, 9.17) is 4.74 Å². The predicted octanol–water partition coefficient (Wildman–Crippen LogP) is 4.45. The van der Waals surface area contributed by atoms with Gasteiger partial charge in [-0.15, -0.1) is 0 Å². The Labute approximate surface area is 126 Å². The molecule has 116 valence electrons. The number of halogens is 3. The van der Waals surface area contributed by atoms with Crippen molar-refractivity contribution in [1.29, 1.82) is 0 Å². The topological polar surface area (TPSA) is 21.3 Å². The van der Waals surface area contributed by atoms with Crippen molar-refractivity contribution in [2.45, 2.75) is 31.5 Å². The lowest BCUT2D eigenvalue weighted by Gasteiger charge is -2.15. The van der Waals surface area contributed by atoms with E-state index in [0.29, 0.717) is 5.56 Å².